The quantitative estimate of drug-likeness (QED) is 0.508. The highest BCUT2D eigenvalue weighted by Gasteiger charge is 2.41. The summed E-state index contributed by atoms with van der Waals surface area (Å²) in [7, 11) is -1.28. The van der Waals surface area contributed by atoms with Crippen molar-refractivity contribution in [1.29, 1.82) is 0 Å². The van der Waals surface area contributed by atoms with Gasteiger partial charge in [-0.05, 0) is 48.7 Å². The van der Waals surface area contributed by atoms with E-state index in [0.717, 1.165) is 11.1 Å². The summed E-state index contributed by atoms with van der Waals surface area (Å²) in [5.74, 6) is 0.646. The molecule has 0 aromatic heterocycles. The molecule has 0 bridgehead atoms. The van der Waals surface area contributed by atoms with Crippen molar-refractivity contribution in [3.63, 3.8) is 0 Å². The van der Waals surface area contributed by atoms with Gasteiger partial charge >= 0.3 is 0 Å². The van der Waals surface area contributed by atoms with Crippen LogP contribution in [0.25, 0.3) is 0 Å². The molecule has 2 rings (SSSR count). The third kappa shape index (κ3) is 5.21. The second-order valence-electron chi connectivity index (χ2n) is 8.20. The van der Waals surface area contributed by atoms with Gasteiger partial charge in [0.1, 0.15) is 12.4 Å². The minimum absolute atomic E-state index is 0.102. The van der Waals surface area contributed by atoms with Gasteiger partial charge in [-0.15, -0.1) is 0 Å². The van der Waals surface area contributed by atoms with E-state index in [9.17, 15) is 4.79 Å². The number of hydrogen-bond acceptors (Lipinski definition) is 3. The van der Waals surface area contributed by atoms with Gasteiger partial charge in [0.15, 0.2) is 9.04 Å². The molecular formula is C22H31NO3Si. The minimum atomic E-state index is -1.28. The van der Waals surface area contributed by atoms with Crippen LogP contribution in [0, 0.1) is 5.41 Å². The van der Waals surface area contributed by atoms with E-state index in [1.807, 2.05) is 48.5 Å². The Bertz CT molecular complexity index is 756. The molecule has 5 heteroatoms. The van der Waals surface area contributed by atoms with Gasteiger partial charge in [-0.25, -0.2) is 0 Å². The molecule has 2 aromatic carbocycles. The number of ether oxygens (including phenoxy) is 1. The highest BCUT2D eigenvalue weighted by molar-refractivity contribution is 6.48. The lowest BCUT2D eigenvalue weighted by molar-refractivity contribution is -0.105. The first-order valence-electron chi connectivity index (χ1n) is 9.36. The van der Waals surface area contributed by atoms with Crippen molar-refractivity contribution in [3.8, 4) is 5.75 Å². The van der Waals surface area contributed by atoms with Crippen molar-refractivity contribution >= 4 is 21.1 Å². The molecule has 1 N–H and O–H groups in total. The molecule has 0 aliphatic heterocycles. The van der Waals surface area contributed by atoms with Gasteiger partial charge in [-0.1, -0.05) is 57.2 Å². The number of rotatable bonds is 8. The highest BCUT2D eigenvalue weighted by atomic mass is 28.3. The molecule has 0 fully saturated rings. The third-order valence-corrected chi connectivity index (χ3v) is 5.83. The molecular weight excluding hydrogens is 354 g/mol. The van der Waals surface area contributed by atoms with Crippen LogP contribution in [0.5, 0.6) is 5.75 Å². The Labute approximate surface area is 164 Å². The van der Waals surface area contributed by atoms with E-state index in [-0.39, 0.29) is 5.41 Å². The normalized spacial score (nSPS) is 13.9. The topological polar surface area (TPSA) is 47.6 Å². The number of anilines is 1. The smallest absolute Gasteiger partial charge is 0.211 e. The number of carbonyl (C=O) groups excluding carboxylic acids is 1. The van der Waals surface area contributed by atoms with E-state index >= 15 is 0 Å². The highest BCUT2D eigenvalue weighted by Crippen LogP contribution is 2.44. The van der Waals surface area contributed by atoms with E-state index in [1.165, 1.54) is 0 Å². The Morgan fingerprint density at radius 2 is 1.70 bits per heavy atom. The fraction of sp³-hybridized carbons (Fsp3) is 0.409. The number of hydrogen-bond donors (Lipinski definition) is 1. The first-order chi connectivity index (χ1) is 12.7. The molecule has 27 heavy (non-hydrogen) atoms. The molecule has 0 spiro atoms. The van der Waals surface area contributed by atoms with Crippen LogP contribution in [0.4, 0.5) is 5.69 Å². The number of nitrogens with one attached hydrogen (secondary N) is 1. The van der Waals surface area contributed by atoms with E-state index in [1.54, 1.807) is 0 Å². The lowest BCUT2D eigenvalue weighted by Gasteiger charge is -2.44. The van der Waals surface area contributed by atoms with Gasteiger partial charge < -0.3 is 14.5 Å². The second kappa shape index (κ2) is 8.72. The first-order valence-corrected chi connectivity index (χ1v) is 12.1. The zero-order chi connectivity index (χ0) is 20.1. The summed E-state index contributed by atoms with van der Waals surface area (Å²) >= 11 is 0. The minimum Gasteiger partial charge on any atom is -0.487 e. The van der Waals surface area contributed by atoms with Gasteiger partial charge in [0.2, 0.25) is 6.41 Å². The number of carbonyl (C=O) groups is 1. The molecule has 146 valence electrons. The van der Waals surface area contributed by atoms with Crippen LogP contribution in [0.1, 0.15) is 38.8 Å². The maximum Gasteiger partial charge on any atom is 0.211 e. The number of benzene rings is 2. The fourth-order valence-electron chi connectivity index (χ4n) is 3.01. The van der Waals surface area contributed by atoms with Crippen molar-refractivity contribution in [2.24, 2.45) is 5.41 Å². The van der Waals surface area contributed by atoms with Crippen LogP contribution in [-0.4, -0.2) is 15.5 Å². The molecule has 2 aromatic rings. The van der Waals surface area contributed by atoms with E-state index in [2.05, 4.69) is 46.1 Å². The summed E-state index contributed by atoms with van der Waals surface area (Å²) in [6, 6.07) is 15.9. The molecule has 0 heterocycles. The maximum absolute atomic E-state index is 11.1. The Hall–Kier alpha value is -2.11. The average Bonchev–Trinajstić information content (AvgIpc) is 2.60. The second-order valence-corrected chi connectivity index (χ2v) is 10.5. The van der Waals surface area contributed by atoms with Crippen molar-refractivity contribution < 1.29 is 14.0 Å². The van der Waals surface area contributed by atoms with Crippen molar-refractivity contribution in [2.45, 2.75) is 53.0 Å². The van der Waals surface area contributed by atoms with E-state index in [4.69, 9.17) is 9.16 Å². The molecule has 0 radical (unpaired) electrons. The van der Waals surface area contributed by atoms with Crippen LogP contribution in [0.3, 0.4) is 0 Å². The Morgan fingerprint density at radius 1 is 1.04 bits per heavy atom. The fourth-order valence-corrected chi connectivity index (χ4v) is 4.45. The van der Waals surface area contributed by atoms with Crippen LogP contribution < -0.4 is 10.1 Å². The number of amides is 1. The summed E-state index contributed by atoms with van der Waals surface area (Å²) in [6.07, 6.45) is 0.682. The molecule has 4 nitrogen and oxygen atoms in total. The zero-order valence-corrected chi connectivity index (χ0v) is 18.4. The van der Waals surface area contributed by atoms with Crippen LogP contribution in [-0.2, 0) is 21.4 Å². The summed E-state index contributed by atoms with van der Waals surface area (Å²) in [5.41, 5.74) is 2.21. The molecule has 1 atom stereocenters. The molecule has 0 aliphatic rings. The molecule has 1 amide bonds. The molecule has 0 aliphatic carbocycles. The Balaban J connectivity index is 2.36. The predicted molar refractivity (Wildman–Crippen MR) is 114 cm³/mol. The summed E-state index contributed by atoms with van der Waals surface area (Å²) in [5, 5.41) is 2.78. The SMILES string of the molecule is C[SiH](C)OC(C)(c1ccc(OCc2ccccc2)c(NC=O)c1)C(C)(C)C. The van der Waals surface area contributed by atoms with Crippen LogP contribution in [0.2, 0.25) is 13.1 Å². The average molecular weight is 386 g/mol. The summed E-state index contributed by atoms with van der Waals surface area (Å²) < 4.78 is 12.4. The van der Waals surface area contributed by atoms with Crippen LogP contribution >= 0.6 is 0 Å². The lowest BCUT2D eigenvalue weighted by Crippen LogP contribution is -2.42. The molecule has 0 saturated carbocycles. The lowest BCUT2D eigenvalue weighted by atomic mass is 9.73. The maximum atomic E-state index is 11.1. The zero-order valence-electron chi connectivity index (χ0n) is 17.2. The third-order valence-electron chi connectivity index (χ3n) is 4.88. The molecule has 0 saturated heterocycles. The van der Waals surface area contributed by atoms with E-state index < -0.39 is 14.6 Å². The van der Waals surface area contributed by atoms with Crippen molar-refractivity contribution in [3.05, 3.63) is 59.7 Å². The van der Waals surface area contributed by atoms with Crippen molar-refractivity contribution in [2.75, 3.05) is 5.32 Å². The van der Waals surface area contributed by atoms with Gasteiger partial charge in [0.05, 0.1) is 11.3 Å². The van der Waals surface area contributed by atoms with Gasteiger partial charge in [0, 0.05) is 0 Å². The van der Waals surface area contributed by atoms with Gasteiger partial charge in [-0.3, -0.25) is 4.79 Å². The first kappa shape index (κ1) is 21.2. The summed E-state index contributed by atoms with van der Waals surface area (Å²) in [4.78, 5) is 11.1. The van der Waals surface area contributed by atoms with Gasteiger partial charge in [0.25, 0.3) is 0 Å². The predicted octanol–water partition coefficient (Wildman–Crippen LogP) is 5.10. The monoisotopic (exact) mass is 385 g/mol. The molecule has 1 unspecified atom stereocenters. The van der Waals surface area contributed by atoms with Crippen LogP contribution in [0.15, 0.2) is 48.5 Å². The standard InChI is InChI=1S/C22H31NO3Si/c1-21(2,3)22(4,26-27(5)6)18-12-13-20(19(14-18)23-16-24)25-15-17-10-8-7-9-11-17/h7-14,16,27H,15H2,1-6H3,(H,23,24). The largest absolute Gasteiger partial charge is 0.487 e. The van der Waals surface area contributed by atoms with Gasteiger partial charge in [-0.2, -0.15) is 0 Å². The van der Waals surface area contributed by atoms with Crippen molar-refractivity contribution in [1.82, 2.24) is 0 Å². The Morgan fingerprint density at radius 3 is 2.26 bits per heavy atom. The van der Waals surface area contributed by atoms with E-state index in [0.29, 0.717) is 24.5 Å². The Kier molecular flexibility index (Phi) is 6.84. The summed E-state index contributed by atoms with van der Waals surface area (Å²) in [6.45, 7) is 13.4.